The van der Waals surface area contributed by atoms with E-state index < -0.39 is 11.7 Å². The Morgan fingerprint density at radius 1 is 0.939 bits per heavy atom. The van der Waals surface area contributed by atoms with Crippen LogP contribution < -0.4 is 10.1 Å². The second-order valence-corrected chi connectivity index (χ2v) is 10.5. The molecule has 3 amide bonds. The molecule has 1 fully saturated rings. The second kappa shape index (κ2) is 10.9. The molecule has 2 rings (SSSR count). The molecule has 0 bridgehead atoms. The molecule has 1 aromatic rings. The Labute approximate surface area is 197 Å². The minimum Gasteiger partial charge on any atom is -0.483 e. The third kappa shape index (κ3) is 8.59. The van der Waals surface area contributed by atoms with Gasteiger partial charge in [-0.3, -0.25) is 9.59 Å². The summed E-state index contributed by atoms with van der Waals surface area (Å²) in [6, 6.07) is 6.00. The molecule has 0 unspecified atom stereocenters. The highest BCUT2D eigenvalue weighted by molar-refractivity contribution is 5.80. The largest absolute Gasteiger partial charge is 0.483 e. The number of nitrogens with zero attached hydrogens (tertiary/aromatic N) is 2. The molecule has 0 aliphatic carbocycles. The lowest BCUT2D eigenvalue weighted by Gasteiger charge is -2.35. The van der Waals surface area contributed by atoms with Gasteiger partial charge in [0.15, 0.2) is 6.61 Å². The number of ether oxygens (including phenoxy) is 2. The topological polar surface area (TPSA) is 88.2 Å². The first kappa shape index (κ1) is 26.5. The molecule has 8 nitrogen and oxygen atoms in total. The van der Waals surface area contributed by atoms with Crippen LogP contribution in [0, 0.1) is 6.92 Å². The Morgan fingerprint density at radius 3 is 2.06 bits per heavy atom. The van der Waals surface area contributed by atoms with E-state index in [1.807, 2.05) is 19.1 Å². The predicted octanol–water partition coefficient (Wildman–Crippen LogP) is 3.26. The van der Waals surface area contributed by atoms with E-state index in [4.69, 9.17) is 9.47 Å². The number of alkyl carbamates (subject to hydrolysis) is 1. The number of hydrogen-bond acceptors (Lipinski definition) is 5. The molecule has 184 valence electrons. The van der Waals surface area contributed by atoms with Crippen LogP contribution in [0.15, 0.2) is 18.2 Å². The summed E-state index contributed by atoms with van der Waals surface area (Å²) in [7, 11) is 0. The normalized spacial score (nSPS) is 14.6. The first-order valence-electron chi connectivity index (χ1n) is 11.5. The van der Waals surface area contributed by atoms with Crippen molar-refractivity contribution >= 4 is 17.9 Å². The van der Waals surface area contributed by atoms with Crippen molar-refractivity contribution in [2.24, 2.45) is 0 Å². The molecule has 8 heteroatoms. The zero-order valence-corrected chi connectivity index (χ0v) is 21.1. The lowest BCUT2D eigenvalue weighted by molar-refractivity contribution is -0.140. The zero-order chi connectivity index (χ0) is 24.8. The van der Waals surface area contributed by atoms with Gasteiger partial charge in [-0.1, -0.05) is 38.5 Å². The summed E-state index contributed by atoms with van der Waals surface area (Å²) < 4.78 is 11.1. The van der Waals surface area contributed by atoms with Crippen LogP contribution in [0.4, 0.5) is 4.79 Å². The number of benzene rings is 1. The average molecular weight is 462 g/mol. The van der Waals surface area contributed by atoms with E-state index in [0.717, 1.165) is 16.9 Å². The quantitative estimate of drug-likeness (QED) is 0.703. The van der Waals surface area contributed by atoms with Gasteiger partial charge in [0.25, 0.3) is 5.91 Å². The molecule has 0 atom stereocenters. The summed E-state index contributed by atoms with van der Waals surface area (Å²) in [6.07, 6.45) is -0.340. The summed E-state index contributed by atoms with van der Waals surface area (Å²) >= 11 is 0. The van der Waals surface area contributed by atoms with E-state index in [1.165, 1.54) is 0 Å². The monoisotopic (exact) mass is 461 g/mol. The van der Waals surface area contributed by atoms with Crippen molar-refractivity contribution in [1.82, 2.24) is 15.1 Å². The molecule has 33 heavy (non-hydrogen) atoms. The highest BCUT2D eigenvalue weighted by Crippen LogP contribution is 2.32. The van der Waals surface area contributed by atoms with Gasteiger partial charge in [0.05, 0.1) is 0 Å². The molecule has 1 N–H and O–H groups in total. The fraction of sp³-hybridized carbons (Fsp3) is 0.640. The molecule has 0 aromatic heterocycles. The molecule has 0 spiro atoms. The van der Waals surface area contributed by atoms with Gasteiger partial charge in [0.1, 0.15) is 11.4 Å². The first-order chi connectivity index (χ1) is 15.3. The van der Waals surface area contributed by atoms with Crippen molar-refractivity contribution in [3.63, 3.8) is 0 Å². The van der Waals surface area contributed by atoms with Crippen LogP contribution in [-0.2, 0) is 19.7 Å². The molecule has 0 saturated carbocycles. The predicted molar refractivity (Wildman–Crippen MR) is 127 cm³/mol. The van der Waals surface area contributed by atoms with Crippen molar-refractivity contribution < 1.29 is 23.9 Å². The smallest absolute Gasteiger partial charge is 0.407 e. The SMILES string of the molecule is Cc1ccc(OCC(=O)N2CCN(C(=O)CCNC(=O)OC(C)(C)C)CC2)c(C(C)(C)C)c1. The van der Waals surface area contributed by atoms with Crippen LogP contribution in [-0.4, -0.2) is 72.6 Å². The van der Waals surface area contributed by atoms with Crippen molar-refractivity contribution in [1.29, 1.82) is 0 Å². The van der Waals surface area contributed by atoms with Crippen LogP contribution in [0.1, 0.15) is 59.1 Å². The number of piperazine rings is 1. The number of rotatable bonds is 6. The highest BCUT2D eigenvalue weighted by Gasteiger charge is 2.25. The maximum absolute atomic E-state index is 12.7. The van der Waals surface area contributed by atoms with Crippen molar-refractivity contribution in [3.05, 3.63) is 29.3 Å². The third-order valence-corrected chi connectivity index (χ3v) is 5.29. The van der Waals surface area contributed by atoms with Crippen molar-refractivity contribution in [2.45, 2.75) is 65.9 Å². The van der Waals surface area contributed by atoms with Gasteiger partial charge in [-0.2, -0.15) is 0 Å². The lowest BCUT2D eigenvalue weighted by atomic mass is 9.85. The number of carbonyl (C=O) groups is 3. The maximum atomic E-state index is 12.7. The van der Waals surface area contributed by atoms with Crippen molar-refractivity contribution in [3.8, 4) is 5.75 Å². The zero-order valence-electron chi connectivity index (χ0n) is 21.1. The van der Waals surface area contributed by atoms with Crippen LogP contribution in [0.5, 0.6) is 5.75 Å². The fourth-order valence-corrected chi connectivity index (χ4v) is 3.54. The van der Waals surface area contributed by atoms with Gasteiger partial charge in [-0.05, 0) is 44.7 Å². The van der Waals surface area contributed by atoms with Crippen molar-refractivity contribution in [2.75, 3.05) is 39.3 Å². The van der Waals surface area contributed by atoms with Crippen LogP contribution in [0.3, 0.4) is 0 Å². The van der Waals surface area contributed by atoms with Gasteiger partial charge in [-0.15, -0.1) is 0 Å². The number of hydrogen-bond donors (Lipinski definition) is 1. The molecule has 1 aliphatic heterocycles. The van der Waals surface area contributed by atoms with E-state index in [0.29, 0.717) is 26.2 Å². The molecular weight excluding hydrogens is 422 g/mol. The van der Waals surface area contributed by atoms with E-state index in [2.05, 4.69) is 32.2 Å². The van der Waals surface area contributed by atoms with E-state index in [9.17, 15) is 14.4 Å². The third-order valence-electron chi connectivity index (χ3n) is 5.29. The molecule has 1 aliphatic rings. The summed E-state index contributed by atoms with van der Waals surface area (Å²) in [4.78, 5) is 40.2. The minimum absolute atomic E-state index is 0.0279. The van der Waals surface area contributed by atoms with Crippen LogP contribution >= 0.6 is 0 Å². The number of nitrogens with one attached hydrogen (secondary N) is 1. The summed E-state index contributed by atoms with van der Waals surface area (Å²) in [5.74, 6) is 0.589. The van der Waals surface area contributed by atoms with E-state index >= 15 is 0 Å². The summed E-state index contributed by atoms with van der Waals surface area (Å²) in [6.45, 7) is 15.8. The van der Waals surface area contributed by atoms with E-state index in [-0.39, 0.29) is 36.8 Å². The molecular formula is C25H39N3O5. The second-order valence-electron chi connectivity index (χ2n) is 10.5. The molecule has 1 saturated heterocycles. The Balaban J connectivity index is 1.77. The van der Waals surface area contributed by atoms with Crippen LogP contribution in [0.2, 0.25) is 0 Å². The Bertz CT molecular complexity index is 847. The van der Waals surface area contributed by atoms with Gasteiger partial charge in [-0.25, -0.2) is 4.79 Å². The van der Waals surface area contributed by atoms with Gasteiger partial charge < -0.3 is 24.6 Å². The van der Waals surface area contributed by atoms with Gasteiger partial charge in [0, 0.05) is 39.1 Å². The van der Waals surface area contributed by atoms with E-state index in [1.54, 1.807) is 30.6 Å². The molecule has 0 radical (unpaired) electrons. The standard InChI is InChI=1S/C25H39N3O5/c1-18-8-9-20(19(16-18)24(2,3)4)32-17-22(30)28-14-12-27(13-15-28)21(29)10-11-26-23(31)33-25(5,6)7/h8-9,16H,10-15,17H2,1-7H3,(H,26,31). The fourth-order valence-electron chi connectivity index (χ4n) is 3.54. The minimum atomic E-state index is -0.575. The van der Waals surface area contributed by atoms with Crippen LogP contribution in [0.25, 0.3) is 0 Å². The van der Waals surface area contributed by atoms with Gasteiger partial charge >= 0.3 is 6.09 Å². The maximum Gasteiger partial charge on any atom is 0.407 e. The van der Waals surface area contributed by atoms with Gasteiger partial charge in [0.2, 0.25) is 5.91 Å². The summed E-state index contributed by atoms with van der Waals surface area (Å²) in [5, 5.41) is 2.60. The Hall–Kier alpha value is -2.77. The molecule has 1 aromatic carbocycles. The Morgan fingerprint density at radius 2 is 1.52 bits per heavy atom. The number of aryl methyl sites for hydroxylation is 1. The number of carbonyl (C=O) groups excluding carboxylic acids is 3. The molecule has 1 heterocycles. The average Bonchev–Trinajstić information content (AvgIpc) is 2.70. The number of amides is 3. The Kier molecular flexibility index (Phi) is 8.75. The lowest BCUT2D eigenvalue weighted by Crippen LogP contribution is -2.52. The highest BCUT2D eigenvalue weighted by atomic mass is 16.6. The summed E-state index contributed by atoms with van der Waals surface area (Å²) in [5.41, 5.74) is 1.56. The first-order valence-corrected chi connectivity index (χ1v) is 11.5.